The lowest BCUT2D eigenvalue weighted by Gasteiger charge is -2.35. The minimum Gasteiger partial charge on any atom is -0.490 e. The molecule has 0 saturated heterocycles. The van der Waals surface area contributed by atoms with Crippen molar-refractivity contribution >= 4 is 133 Å². The number of ether oxygens (including phenoxy) is 4. The smallest absolute Gasteiger partial charge is 0.261 e. The summed E-state index contributed by atoms with van der Waals surface area (Å²) in [7, 11) is 3.16. The topological polar surface area (TPSA) is 186 Å². The van der Waals surface area contributed by atoms with Crippen molar-refractivity contribution in [2.24, 2.45) is 0 Å². The first-order valence-electron chi connectivity index (χ1n) is 35.0. The molecule has 11 aromatic rings. The molecule has 0 radical (unpaired) electrons. The summed E-state index contributed by atoms with van der Waals surface area (Å²) < 4.78 is 24.1. The van der Waals surface area contributed by atoms with E-state index >= 15 is 9.59 Å². The number of hydrogen-bond donors (Lipinski definition) is 0. The Labute approximate surface area is 578 Å². The van der Waals surface area contributed by atoms with Gasteiger partial charge in [0.1, 0.15) is 24.7 Å². The third-order valence-electron chi connectivity index (χ3n) is 21.6. The van der Waals surface area contributed by atoms with Gasteiger partial charge in [-0.2, -0.15) is 0 Å². The van der Waals surface area contributed by atoms with Crippen LogP contribution in [0.2, 0.25) is 0 Å². The first-order valence-corrected chi connectivity index (χ1v) is 35.0. The van der Waals surface area contributed by atoms with Gasteiger partial charge in [0, 0.05) is 159 Å². The standard InChI is InChI=1S/C84H74N4O12/c1-11-47(12-2)85-77(89)55-33-29-53-71-63(99-37-35-97-9)41-61-69-57(79(91)87(83(61)95)49(15-5)16-6)31-27-51(75(69)71)65-45(39-59(81(85)93)67(55)73(53)65)25-23-43-19-21-44(22-20-43)24-26-46-40-60-68-56(78(90)86(82(60)94)48(13-3)14-4)34-30-54-72-64(100-38-36-98-10)42-62-70-58(32-28-52(76(70)72)66(46)74(54)68)80(92)88(84(62)96)50(17-7)18-8/h19-22,27-34,39-42,47-50H,11-18,35-38H2,1-10H3. The van der Waals surface area contributed by atoms with Crippen LogP contribution in [0.5, 0.6) is 11.5 Å². The van der Waals surface area contributed by atoms with Gasteiger partial charge in [-0.3, -0.25) is 58.0 Å². The molecular weight excluding hydrogens is 1260 g/mol. The van der Waals surface area contributed by atoms with Crippen LogP contribution in [-0.2, 0) is 9.47 Å². The summed E-state index contributed by atoms with van der Waals surface area (Å²) in [5.41, 5.74) is 5.01. The highest BCUT2D eigenvalue weighted by Gasteiger charge is 2.44. The lowest BCUT2D eigenvalue weighted by atomic mass is 9.80. The first-order chi connectivity index (χ1) is 48.6. The second-order valence-electron chi connectivity index (χ2n) is 26.5. The summed E-state index contributed by atoms with van der Waals surface area (Å²) in [5.74, 6) is 11.4. The van der Waals surface area contributed by atoms with Crippen molar-refractivity contribution in [1.29, 1.82) is 0 Å². The molecule has 0 aromatic heterocycles. The molecular formula is C84H74N4O12. The van der Waals surface area contributed by atoms with Gasteiger partial charge in [-0.15, -0.1) is 0 Å². The van der Waals surface area contributed by atoms with Crippen molar-refractivity contribution in [3.63, 3.8) is 0 Å². The zero-order valence-electron chi connectivity index (χ0n) is 57.7. The highest BCUT2D eigenvalue weighted by molar-refractivity contribution is 6.45. The maximum Gasteiger partial charge on any atom is 0.261 e. The predicted octanol–water partition coefficient (Wildman–Crippen LogP) is 15.8. The van der Waals surface area contributed by atoms with Crippen molar-refractivity contribution in [2.45, 2.75) is 131 Å². The highest BCUT2D eigenvalue weighted by Crippen LogP contribution is 2.53. The summed E-state index contributed by atoms with van der Waals surface area (Å²) in [5, 5.41) is 9.63. The predicted molar refractivity (Wildman–Crippen MR) is 388 cm³/mol. The zero-order chi connectivity index (χ0) is 70.0. The van der Waals surface area contributed by atoms with E-state index in [4.69, 9.17) is 18.9 Å². The third-order valence-corrected chi connectivity index (χ3v) is 21.6. The second kappa shape index (κ2) is 25.2. The van der Waals surface area contributed by atoms with E-state index in [1.165, 1.54) is 19.6 Å². The normalized spacial score (nSPS) is 14.5. The molecule has 4 heterocycles. The Hall–Kier alpha value is -10.8. The minimum absolute atomic E-state index is 0.144. The van der Waals surface area contributed by atoms with Gasteiger partial charge in [-0.25, -0.2) is 0 Å². The van der Waals surface area contributed by atoms with Crippen LogP contribution in [0.25, 0.3) is 86.2 Å². The summed E-state index contributed by atoms with van der Waals surface area (Å²) >= 11 is 0. The van der Waals surface area contributed by atoms with Crippen LogP contribution in [0, 0.1) is 23.7 Å². The molecule has 502 valence electrons. The van der Waals surface area contributed by atoms with E-state index in [9.17, 15) is 28.8 Å². The average molecular weight is 1330 g/mol. The fourth-order valence-corrected chi connectivity index (χ4v) is 16.7. The molecule has 0 spiro atoms. The SMILES string of the molecule is CCC(CC)N1C(=O)c2ccc3c4c(OCCOC)cc5c6c(ccc(c7c(C#Cc8ccc(C#Cc9cc%10c%11c(ccc%12c%13c(OCCOC)cc%14c%15c(ccc(c9c%11%12)c%15%13)C(=O)N(C(CC)CC)C%14=O)C(=O)N(C(CC)CC)C%10=O)cc8)cc(c2c37)C1=O)c64)C(=O)N(C(CC)CC)C5=O. The highest BCUT2D eigenvalue weighted by atomic mass is 16.5. The van der Waals surface area contributed by atoms with Crippen molar-refractivity contribution in [3.8, 4) is 35.2 Å². The Morgan fingerprint density at radius 3 is 0.800 bits per heavy atom. The third kappa shape index (κ3) is 9.36. The molecule has 0 aliphatic carbocycles. The molecule has 16 heteroatoms. The van der Waals surface area contributed by atoms with Gasteiger partial charge in [0.25, 0.3) is 47.3 Å². The largest absolute Gasteiger partial charge is 0.490 e. The molecule has 0 unspecified atom stereocenters. The van der Waals surface area contributed by atoms with Crippen LogP contribution in [0.15, 0.2) is 97.1 Å². The number of carbonyl (C=O) groups is 8. The Morgan fingerprint density at radius 1 is 0.280 bits per heavy atom. The van der Waals surface area contributed by atoms with Gasteiger partial charge >= 0.3 is 0 Å². The molecule has 16 nitrogen and oxygen atoms in total. The van der Waals surface area contributed by atoms with Gasteiger partial charge in [-0.1, -0.05) is 103 Å². The Bertz CT molecular complexity index is 5230. The van der Waals surface area contributed by atoms with Gasteiger partial charge in [0.15, 0.2) is 0 Å². The van der Waals surface area contributed by atoms with Crippen molar-refractivity contribution in [2.75, 3.05) is 40.6 Å². The lowest BCUT2D eigenvalue weighted by Crippen LogP contribution is -2.46. The molecule has 11 aromatic carbocycles. The number of nitrogens with zero attached hydrogens (tertiary/aromatic N) is 4. The maximum absolute atomic E-state index is 15.2. The Morgan fingerprint density at radius 2 is 0.530 bits per heavy atom. The van der Waals surface area contributed by atoms with Crippen molar-refractivity contribution in [1.82, 2.24) is 19.6 Å². The molecule has 15 rings (SSSR count). The van der Waals surface area contributed by atoms with Crippen LogP contribution in [0.3, 0.4) is 0 Å². The summed E-state index contributed by atoms with van der Waals surface area (Å²) in [6, 6.07) is 27.7. The number of benzene rings is 11. The minimum atomic E-state index is -0.427. The van der Waals surface area contributed by atoms with Crippen LogP contribution in [0.4, 0.5) is 0 Å². The molecule has 0 atom stereocenters. The van der Waals surface area contributed by atoms with Gasteiger partial charge in [0.05, 0.1) is 24.3 Å². The van der Waals surface area contributed by atoms with Gasteiger partial charge in [-0.05, 0) is 146 Å². The van der Waals surface area contributed by atoms with E-state index in [1.54, 1.807) is 62.8 Å². The first kappa shape index (κ1) is 65.2. The number of hydrogen-bond acceptors (Lipinski definition) is 12. The molecule has 0 fully saturated rings. The summed E-state index contributed by atoms with van der Waals surface area (Å²) in [4.78, 5) is 125. The van der Waals surface area contributed by atoms with Crippen LogP contribution in [-0.4, -0.2) is 132 Å². The summed E-state index contributed by atoms with van der Waals surface area (Å²) in [6.07, 6.45) is 4.50. The Kier molecular flexibility index (Phi) is 16.4. The number of rotatable bonds is 20. The number of methoxy groups -OCH3 is 2. The number of carbonyl (C=O) groups excluding carboxylic acids is 8. The monoisotopic (exact) mass is 1330 g/mol. The average Bonchev–Trinajstić information content (AvgIpc) is 0.686. The quantitative estimate of drug-likeness (QED) is 0.0231. The maximum atomic E-state index is 15.2. The van der Waals surface area contributed by atoms with Crippen molar-refractivity contribution in [3.05, 3.63) is 164 Å². The number of fused-ring (bicyclic) bond motifs is 4. The molecule has 8 amide bonds. The van der Waals surface area contributed by atoms with Crippen LogP contribution in [0.1, 0.15) is 212 Å². The van der Waals surface area contributed by atoms with Crippen LogP contribution >= 0.6 is 0 Å². The molecule has 0 saturated carbocycles. The van der Waals surface area contributed by atoms with E-state index in [-0.39, 0.29) is 74.2 Å². The van der Waals surface area contributed by atoms with E-state index in [2.05, 4.69) is 23.7 Å². The van der Waals surface area contributed by atoms with Gasteiger partial charge < -0.3 is 18.9 Å². The summed E-state index contributed by atoms with van der Waals surface area (Å²) in [6.45, 7) is 16.5. The van der Waals surface area contributed by atoms with Crippen molar-refractivity contribution < 1.29 is 57.3 Å². The number of amides is 8. The molecule has 4 aliphatic rings. The fraction of sp³-hybridized carbons (Fsp3) is 0.310. The van der Waals surface area contributed by atoms with Crippen LogP contribution < -0.4 is 9.47 Å². The van der Waals surface area contributed by atoms with E-state index < -0.39 is 23.6 Å². The Balaban J connectivity index is 0.929. The zero-order valence-corrected chi connectivity index (χ0v) is 57.7. The van der Waals surface area contributed by atoms with E-state index in [0.717, 1.165) is 0 Å². The van der Waals surface area contributed by atoms with E-state index in [1.807, 2.05) is 104 Å². The fourth-order valence-electron chi connectivity index (χ4n) is 16.7. The molecule has 4 aliphatic heterocycles. The molecule has 0 bridgehead atoms. The van der Waals surface area contributed by atoms with E-state index in [0.29, 0.717) is 216 Å². The molecule has 0 N–H and O–H groups in total. The van der Waals surface area contributed by atoms with Gasteiger partial charge in [0.2, 0.25) is 0 Å². The second-order valence-corrected chi connectivity index (χ2v) is 26.5. The lowest BCUT2D eigenvalue weighted by molar-refractivity contribution is 0.0514. The molecule has 100 heavy (non-hydrogen) atoms. The number of imide groups is 4.